The van der Waals surface area contributed by atoms with Crippen molar-refractivity contribution in [3.8, 4) is 11.6 Å². The predicted octanol–water partition coefficient (Wildman–Crippen LogP) is 4.22. The number of ether oxygens (including phenoxy) is 1. The van der Waals surface area contributed by atoms with E-state index in [2.05, 4.69) is 15.3 Å². The van der Waals surface area contributed by atoms with Crippen molar-refractivity contribution in [2.45, 2.75) is 13.5 Å². The summed E-state index contributed by atoms with van der Waals surface area (Å²) in [6.07, 6.45) is 4.58. The number of carbonyl (C=O) groups is 1. The monoisotopic (exact) mass is 359 g/mol. The van der Waals surface area contributed by atoms with Crippen LogP contribution in [0.1, 0.15) is 20.1 Å². The summed E-state index contributed by atoms with van der Waals surface area (Å²) in [5.74, 6) is 0.379. The van der Waals surface area contributed by atoms with Crippen LogP contribution in [0.15, 0.2) is 48.9 Å². The molecule has 0 radical (unpaired) electrons. The Morgan fingerprint density at radius 1 is 1.33 bits per heavy atom. The summed E-state index contributed by atoms with van der Waals surface area (Å²) in [5.41, 5.74) is 0.353. The van der Waals surface area contributed by atoms with Crippen molar-refractivity contribution >= 4 is 28.8 Å². The number of nitrogens with zero attached hydrogens (tertiary/aromatic N) is 2. The van der Waals surface area contributed by atoms with E-state index in [9.17, 15) is 4.79 Å². The molecule has 0 fully saturated rings. The van der Waals surface area contributed by atoms with E-state index in [4.69, 9.17) is 16.3 Å². The second-order valence-electron chi connectivity index (χ2n) is 4.99. The molecular formula is C17H14ClN3O2S. The number of nitrogens with one attached hydrogen (secondary N) is 1. The summed E-state index contributed by atoms with van der Waals surface area (Å²) < 4.78 is 5.65. The standard InChI is InChI=1S/C17H14ClN3O2S/c1-11-4-5-14(24-11)10-21-16(22)15-3-2-6-20-17(15)23-13-7-12(18)8-19-9-13/h2-9H,10H2,1H3,(H,21,22). The molecule has 3 aromatic heterocycles. The van der Waals surface area contributed by atoms with E-state index in [0.29, 0.717) is 22.9 Å². The minimum absolute atomic E-state index is 0.210. The summed E-state index contributed by atoms with van der Waals surface area (Å²) in [7, 11) is 0. The smallest absolute Gasteiger partial charge is 0.257 e. The summed E-state index contributed by atoms with van der Waals surface area (Å²) in [6, 6.07) is 8.98. The maximum Gasteiger partial charge on any atom is 0.257 e. The van der Waals surface area contributed by atoms with Crippen LogP contribution in [-0.2, 0) is 6.54 Å². The molecule has 122 valence electrons. The molecule has 0 atom stereocenters. The molecule has 0 aromatic carbocycles. The number of carbonyl (C=O) groups excluding carboxylic acids is 1. The first-order valence-electron chi connectivity index (χ1n) is 7.19. The third-order valence-corrected chi connectivity index (χ3v) is 4.34. The quantitative estimate of drug-likeness (QED) is 0.740. The van der Waals surface area contributed by atoms with Crippen LogP contribution in [0.5, 0.6) is 11.6 Å². The van der Waals surface area contributed by atoms with Gasteiger partial charge in [-0.05, 0) is 31.2 Å². The van der Waals surface area contributed by atoms with Gasteiger partial charge in [-0.15, -0.1) is 11.3 Å². The van der Waals surface area contributed by atoms with Crippen LogP contribution in [0.3, 0.4) is 0 Å². The van der Waals surface area contributed by atoms with E-state index in [0.717, 1.165) is 4.88 Å². The average Bonchev–Trinajstić information content (AvgIpc) is 2.99. The fraction of sp³-hybridized carbons (Fsp3) is 0.118. The van der Waals surface area contributed by atoms with Gasteiger partial charge >= 0.3 is 0 Å². The van der Waals surface area contributed by atoms with E-state index >= 15 is 0 Å². The fourth-order valence-electron chi connectivity index (χ4n) is 2.05. The molecule has 0 aliphatic rings. The van der Waals surface area contributed by atoms with E-state index < -0.39 is 0 Å². The lowest BCUT2D eigenvalue weighted by Gasteiger charge is -2.10. The van der Waals surface area contributed by atoms with E-state index in [1.165, 1.54) is 17.3 Å². The zero-order valence-electron chi connectivity index (χ0n) is 12.8. The van der Waals surface area contributed by atoms with Gasteiger partial charge in [0.05, 0.1) is 17.8 Å². The second kappa shape index (κ2) is 7.42. The Morgan fingerprint density at radius 3 is 2.96 bits per heavy atom. The number of thiophene rings is 1. The number of hydrogen-bond acceptors (Lipinski definition) is 5. The van der Waals surface area contributed by atoms with Crippen LogP contribution in [0.2, 0.25) is 5.02 Å². The van der Waals surface area contributed by atoms with Crippen LogP contribution in [0.4, 0.5) is 0 Å². The minimum atomic E-state index is -0.251. The third kappa shape index (κ3) is 4.10. The molecule has 3 rings (SSSR count). The molecule has 0 aliphatic carbocycles. The first-order chi connectivity index (χ1) is 11.6. The van der Waals surface area contributed by atoms with Gasteiger partial charge in [0.1, 0.15) is 11.3 Å². The molecule has 3 aromatic rings. The molecule has 0 spiro atoms. The molecule has 7 heteroatoms. The molecule has 0 bridgehead atoms. The molecule has 24 heavy (non-hydrogen) atoms. The van der Waals surface area contributed by atoms with Crippen LogP contribution in [-0.4, -0.2) is 15.9 Å². The topological polar surface area (TPSA) is 64.1 Å². The first kappa shape index (κ1) is 16.4. The van der Waals surface area contributed by atoms with Crippen LogP contribution >= 0.6 is 22.9 Å². The lowest BCUT2D eigenvalue weighted by atomic mass is 10.2. The summed E-state index contributed by atoms with van der Waals surface area (Å²) in [6.45, 7) is 2.49. The second-order valence-corrected chi connectivity index (χ2v) is 6.80. The number of rotatable bonds is 5. The highest BCUT2D eigenvalue weighted by Crippen LogP contribution is 2.24. The lowest BCUT2D eigenvalue weighted by molar-refractivity contribution is 0.0948. The predicted molar refractivity (Wildman–Crippen MR) is 93.8 cm³/mol. The normalized spacial score (nSPS) is 10.4. The van der Waals surface area contributed by atoms with Gasteiger partial charge in [-0.2, -0.15) is 0 Å². The molecule has 0 aliphatic heterocycles. The molecule has 0 saturated heterocycles. The van der Waals surface area contributed by atoms with Gasteiger partial charge < -0.3 is 10.1 Å². The van der Waals surface area contributed by atoms with E-state index in [-0.39, 0.29) is 11.8 Å². The maximum atomic E-state index is 12.4. The summed E-state index contributed by atoms with van der Waals surface area (Å²) in [4.78, 5) is 22.8. The Bertz CT molecular complexity index is 866. The number of pyridine rings is 2. The number of aromatic nitrogens is 2. The molecule has 0 saturated carbocycles. The third-order valence-electron chi connectivity index (χ3n) is 3.13. The number of hydrogen-bond donors (Lipinski definition) is 1. The largest absolute Gasteiger partial charge is 0.436 e. The summed E-state index contributed by atoms with van der Waals surface area (Å²) >= 11 is 7.54. The SMILES string of the molecule is Cc1ccc(CNC(=O)c2cccnc2Oc2cncc(Cl)c2)s1. The number of amides is 1. The van der Waals surface area contributed by atoms with Crippen molar-refractivity contribution in [2.75, 3.05) is 0 Å². The highest BCUT2D eigenvalue weighted by Gasteiger charge is 2.14. The first-order valence-corrected chi connectivity index (χ1v) is 8.38. The zero-order chi connectivity index (χ0) is 16.9. The average molecular weight is 360 g/mol. The fourth-order valence-corrected chi connectivity index (χ4v) is 3.04. The van der Waals surface area contributed by atoms with Gasteiger partial charge in [-0.3, -0.25) is 9.78 Å². The van der Waals surface area contributed by atoms with Crippen molar-refractivity contribution in [1.29, 1.82) is 0 Å². The summed E-state index contributed by atoms with van der Waals surface area (Å²) in [5, 5.41) is 3.32. The van der Waals surface area contributed by atoms with Crippen molar-refractivity contribution in [1.82, 2.24) is 15.3 Å². The van der Waals surface area contributed by atoms with E-state index in [1.807, 2.05) is 19.1 Å². The van der Waals surface area contributed by atoms with Gasteiger partial charge in [0, 0.05) is 28.2 Å². The van der Waals surface area contributed by atoms with Gasteiger partial charge in [-0.1, -0.05) is 11.6 Å². The van der Waals surface area contributed by atoms with Crippen LogP contribution in [0, 0.1) is 6.92 Å². The van der Waals surface area contributed by atoms with Gasteiger partial charge in [0.25, 0.3) is 5.91 Å². The van der Waals surface area contributed by atoms with Crippen LogP contribution in [0.25, 0.3) is 0 Å². The van der Waals surface area contributed by atoms with Crippen molar-refractivity contribution < 1.29 is 9.53 Å². The van der Waals surface area contributed by atoms with Gasteiger partial charge in [-0.25, -0.2) is 4.98 Å². The molecular weight excluding hydrogens is 346 g/mol. The van der Waals surface area contributed by atoms with Gasteiger partial charge in [0.15, 0.2) is 0 Å². The molecule has 3 heterocycles. The highest BCUT2D eigenvalue weighted by molar-refractivity contribution is 7.11. The minimum Gasteiger partial charge on any atom is -0.436 e. The van der Waals surface area contributed by atoms with Gasteiger partial charge in [0.2, 0.25) is 5.88 Å². The Hall–Kier alpha value is -2.44. The number of aryl methyl sites for hydroxylation is 1. The van der Waals surface area contributed by atoms with Crippen molar-refractivity contribution in [3.05, 3.63) is 69.3 Å². The lowest BCUT2D eigenvalue weighted by Crippen LogP contribution is -2.23. The van der Waals surface area contributed by atoms with E-state index in [1.54, 1.807) is 35.7 Å². The Kier molecular flexibility index (Phi) is 5.08. The Morgan fingerprint density at radius 2 is 2.21 bits per heavy atom. The maximum absolute atomic E-state index is 12.4. The number of halogens is 1. The molecule has 1 amide bonds. The van der Waals surface area contributed by atoms with Crippen molar-refractivity contribution in [3.63, 3.8) is 0 Å². The zero-order valence-corrected chi connectivity index (χ0v) is 14.4. The molecule has 0 unspecified atom stereocenters. The molecule has 1 N–H and O–H groups in total. The Balaban J connectivity index is 1.74. The van der Waals surface area contributed by atoms with Crippen molar-refractivity contribution in [2.24, 2.45) is 0 Å². The Labute approximate surface area is 148 Å². The van der Waals surface area contributed by atoms with Crippen LogP contribution < -0.4 is 10.1 Å². The molecule has 5 nitrogen and oxygen atoms in total. The highest BCUT2D eigenvalue weighted by atomic mass is 35.5.